The molecule has 1 aromatic carbocycles. The van der Waals surface area contributed by atoms with Gasteiger partial charge in [-0.1, -0.05) is 24.0 Å². The topological polar surface area (TPSA) is 97.3 Å². The normalized spacial score (nSPS) is 13.8. The Morgan fingerprint density at radius 2 is 1.82 bits per heavy atom. The van der Waals surface area contributed by atoms with Crippen LogP contribution in [0.2, 0.25) is 0 Å². The molecule has 0 radical (unpaired) electrons. The molecule has 0 aliphatic carbocycles. The molecule has 3 aromatic rings. The molecule has 0 unspecified atom stereocenters. The molecule has 0 spiro atoms. The van der Waals surface area contributed by atoms with Crippen LogP contribution in [-0.2, 0) is 14.8 Å². The number of anilines is 2. The Bertz CT molecular complexity index is 1350. The number of hydrogen-bond donors (Lipinski definition) is 1. The van der Waals surface area contributed by atoms with Crippen molar-refractivity contribution in [2.45, 2.75) is 18.7 Å². The van der Waals surface area contributed by atoms with E-state index in [2.05, 4.69) is 52.3 Å². The zero-order valence-electron chi connectivity index (χ0n) is 18.2. The van der Waals surface area contributed by atoms with E-state index in [0.717, 1.165) is 30.2 Å². The predicted octanol–water partition coefficient (Wildman–Crippen LogP) is 3.29. The lowest BCUT2D eigenvalue weighted by Crippen LogP contribution is -2.37. The van der Waals surface area contributed by atoms with Crippen LogP contribution in [0.15, 0.2) is 52.2 Å². The van der Waals surface area contributed by atoms with Crippen molar-refractivity contribution < 1.29 is 13.2 Å². The van der Waals surface area contributed by atoms with Crippen LogP contribution in [0.4, 0.5) is 11.5 Å². The highest BCUT2D eigenvalue weighted by Gasteiger charge is 2.19. The maximum Gasteiger partial charge on any atom is 0.263 e. The van der Waals surface area contributed by atoms with Gasteiger partial charge in [0.2, 0.25) is 0 Å². The van der Waals surface area contributed by atoms with Crippen LogP contribution in [0.3, 0.4) is 0 Å². The van der Waals surface area contributed by atoms with E-state index in [1.807, 2.05) is 6.92 Å². The molecule has 1 aliphatic heterocycles. The highest BCUT2D eigenvalue weighted by atomic mass is 79.9. The van der Waals surface area contributed by atoms with Crippen molar-refractivity contribution in [2.24, 2.45) is 0 Å². The standard InChI is InChI=1S/C23H22BrN5O3S/c1-16-19(23(27-15-26-16)29-9-11-32-12-10-29)8-7-18-13-21(17(2)25-14-18)28-33(30,31)22-6-4-3-5-20(22)24/h3-6,13-15,28H,9-12H2,1-2H3. The maximum atomic E-state index is 12.9. The van der Waals surface area contributed by atoms with E-state index in [0.29, 0.717) is 34.6 Å². The summed E-state index contributed by atoms with van der Waals surface area (Å²) in [6.45, 7) is 6.37. The van der Waals surface area contributed by atoms with Crippen molar-refractivity contribution in [1.82, 2.24) is 15.0 Å². The van der Waals surface area contributed by atoms with Crippen LogP contribution in [0, 0.1) is 25.7 Å². The Kier molecular flexibility index (Phi) is 6.93. The smallest absolute Gasteiger partial charge is 0.263 e. The molecule has 170 valence electrons. The molecule has 0 atom stereocenters. The van der Waals surface area contributed by atoms with Crippen LogP contribution in [0.1, 0.15) is 22.5 Å². The first-order valence-electron chi connectivity index (χ1n) is 10.3. The van der Waals surface area contributed by atoms with Gasteiger partial charge in [-0.05, 0) is 48.0 Å². The molecule has 8 nitrogen and oxygen atoms in total. The molecule has 1 N–H and O–H groups in total. The van der Waals surface area contributed by atoms with E-state index in [-0.39, 0.29) is 4.90 Å². The second kappa shape index (κ2) is 9.87. The number of nitrogens with zero attached hydrogens (tertiary/aromatic N) is 4. The Balaban J connectivity index is 1.65. The third-order valence-electron chi connectivity index (χ3n) is 5.12. The van der Waals surface area contributed by atoms with Crippen molar-refractivity contribution in [3.63, 3.8) is 0 Å². The number of halogens is 1. The fraction of sp³-hybridized carbons (Fsp3) is 0.261. The van der Waals surface area contributed by atoms with E-state index in [9.17, 15) is 8.42 Å². The Labute approximate surface area is 201 Å². The molecule has 2 aromatic heterocycles. The number of benzene rings is 1. The van der Waals surface area contributed by atoms with Gasteiger partial charge in [-0.15, -0.1) is 0 Å². The molecule has 10 heteroatoms. The van der Waals surface area contributed by atoms with E-state index in [4.69, 9.17) is 4.74 Å². The quantitative estimate of drug-likeness (QED) is 0.519. The summed E-state index contributed by atoms with van der Waals surface area (Å²) in [4.78, 5) is 15.3. The number of aryl methyl sites for hydroxylation is 2. The lowest BCUT2D eigenvalue weighted by atomic mass is 10.1. The van der Waals surface area contributed by atoms with Gasteiger partial charge in [-0.2, -0.15) is 0 Å². The molecule has 0 bridgehead atoms. The summed E-state index contributed by atoms with van der Waals surface area (Å²) in [7, 11) is -3.80. The van der Waals surface area contributed by atoms with Gasteiger partial charge in [0.05, 0.1) is 35.9 Å². The molecular weight excluding hydrogens is 506 g/mol. The minimum atomic E-state index is -3.80. The van der Waals surface area contributed by atoms with Crippen LogP contribution >= 0.6 is 15.9 Å². The molecule has 4 rings (SSSR count). The average molecular weight is 528 g/mol. The number of aromatic nitrogens is 3. The summed E-state index contributed by atoms with van der Waals surface area (Å²) in [6, 6.07) is 8.31. The SMILES string of the molecule is Cc1ncc(C#Cc2c(C)ncnc2N2CCOCC2)cc1NS(=O)(=O)c1ccccc1Br. The maximum absolute atomic E-state index is 12.9. The van der Waals surface area contributed by atoms with Crippen molar-refractivity contribution in [3.8, 4) is 11.8 Å². The van der Waals surface area contributed by atoms with Gasteiger partial charge >= 0.3 is 0 Å². The Morgan fingerprint density at radius 3 is 2.58 bits per heavy atom. The zero-order valence-corrected chi connectivity index (χ0v) is 20.6. The summed E-state index contributed by atoms with van der Waals surface area (Å²) in [5.74, 6) is 7.03. The van der Waals surface area contributed by atoms with Gasteiger partial charge in [0, 0.05) is 29.3 Å². The van der Waals surface area contributed by atoms with Crippen LogP contribution in [0.5, 0.6) is 0 Å². The third kappa shape index (κ3) is 5.33. The first-order valence-corrected chi connectivity index (χ1v) is 12.5. The number of rotatable bonds is 4. The Morgan fingerprint density at radius 1 is 1.06 bits per heavy atom. The van der Waals surface area contributed by atoms with E-state index in [1.165, 1.54) is 12.4 Å². The highest BCUT2D eigenvalue weighted by molar-refractivity contribution is 9.10. The number of nitrogens with one attached hydrogen (secondary N) is 1. The van der Waals surface area contributed by atoms with Gasteiger partial charge in [0.1, 0.15) is 17.0 Å². The molecule has 3 heterocycles. The fourth-order valence-corrected chi connectivity index (χ4v) is 5.44. The average Bonchev–Trinajstić information content (AvgIpc) is 2.80. The van der Waals surface area contributed by atoms with Crippen molar-refractivity contribution in [3.05, 3.63) is 69.8 Å². The van der Waals surface area contributed by atoms with Crippen LogP contribution in [-0.4, -0.2) is 49.7 Å². The van der Waals surface area contributed by atoms with E-state index in [1.54, 1.807) is 37.4 Å². The number of sulfonamides is 1. The van der Waals surface area contributed by atoms with E-state index >= 15 is 0 Å². The third-order valence-corrected chi connectivity index (χ3v) is 7.49. The minimum Gasteiger partial charge on any atom is -0.378 e. The lowest BCUT2D eigenvalue weighted by molar-refractivity contribution is 0.122. The number of pyridine rings is 1. The zero-order chi connectivity index (χ0) is 23.4. The minimum absolute atomic E-state index is 0.146. The molecule has 33 heavy (non-hydrogen) atoms. The molecule has 1 aliphatic rings. The van der Waals surface area contributed by atoms with Gasteiger partial charge < -0.3 is 9.64 Å². The second-order valence-corrected chi connectivity index (χ2v) is 9.91. The summed E-state index contributed by atoms with van der Waals surface area (Å²) in [5.41, 5.74) is 2.99. The summed E-state index contributed by atoms with van der Waals surface area (Å²) < 4.78 is 34.3. The summed E-state index contributed by atoms with van der Waals surface area (Å²) in [5, 5.41) is 0. The molecule has 1 saturated heterocycles. The lowest BCUT2D eigenvalue weighted by Gasteiger charge is -2.28. The van der Waals surface area contributed by atoms with Crippen molar-refractivity contribution in [1.29, 1.82) is 0 Å². The fourth-order valence-electron chi connectivity index (χ4n) is 3.32. The first kappa shape index (κ1) is 23.2. The number of hydrogen-bond acceptors (Lipinski definition) is 7. The van der Waals surface area contributed by atoms with Gasteiger partial charge in [0.25, 0.3) is 10.0 Å². The first-order chi connectivity index (χ1) is 15.8. The Hall–Kier alpha value is -3.00. The molecule has 0 amide bonds. The summed E-state index contributed by atoms with van der Waals surface area (Å²) in [6.07, 6.45) is 3.15. The van der Waals surface area contributed by atoms with Crippen molar-refractivity contribution >= 4 is 37.5 Å². The molecule has 0 saturated carbocycles. The number of morpholine rings is 1. The van der Waals surface area contributed by atoms with Crippen LogP contribution < -0.4 is 9.62 Å². The predicted molar refractivity (Wildman–Crippen MR) is 130 cm³/mol. The van der Waals surface area contributed by atoms with Gasteiger partial charge in [0.15, 0.2) is 0 Å². The number of ether oxygens (including phenoxy) is 1. The second-order valence-electron chi connectivity index (χ2n) is 7.40. The molecular formula is C23H22BrN5O3S. The van der Waals surface area contributed by atoms with E-state index < -0.39 is 10.0 Å². The monoisotopic (exact) mass is 527 g/mol. The summed E-state index contributed by atoms with van der Waals surface area (Å²) >= 11 is 3.29. The van der Waals surface area contributed by atoms with Crippen LogP contribution in [0.25, 0.3) is 0 Å². The van der Waals surface area contributed by atoms with Crippen molar-refractivity contribution in [2.75, 3.05) is 35.9 Å². The highest BCUT2D eigenvalue weighted by Crippen LogP contribution is 2.25. The largest absolute Gasteiger partial charge is 0.378 e. The van der Waals surface area contributed by atoms with Gasteiger partial charge in [-0.25, -0.2) is 18.4 Å². The molecule has 1 fully saturated rings. The van der Waals surface area contributed by atoms with Gasteiger partial charge in [-0.3, -0.25) is 9.71 Å².